The number of carbonyl (C=O) groups excluding carboxylic acids is 2. The van der Waals surface area contributed by atoms with Crippen molar-refractivity contribution in [1.29, 1.82) is 0 Å². The Morgan fingerprint density at radius 1 is 1.23 bits per heavy atom. The zero-order valence-electron chi connectivity index (χ0n) is 13.4. The Bertz CT molecular complexity index is 540. The molecule has 1 saturated heterocycles. The van der Waals surface area contributed by atoms with Gasteiger partial charge in [-0.15, -0.1) is 0 Å². The lowest BCUT2D eigenvalue weighted by Crippen LogP contribution is -2.49. The summed E-state index contributed by atoms with van der Waals surface area (Å²) in [6.45, 7) is 3.28. The largest absolute Gasteiger partial charge is 0.497 e. The van der Waals surface area contributed by atoms with Crippen molar-refractivity contribution in [3.63, 3.8) is 0 Å². The first-order valence-electron chi connectivity index (χ1n) is 7.52. The van der Waals surface area contributed by atoms with E-state index in [0.717, 1.165) is 25.1 Å². The van der Waals surface area contributed by atoms with Crippen LogP contribution in [0.1, 0.15) is 36.5 Å². The van der Waals surface area contributed by atoms with Crippen LogP contribution in [0.4, 0.5) is 0 Å². The van der Waals surface area contributed by atoms with Gasteiger partial charge in [0.05, 0.1) is 14.2 Å². The van der Waals surface area contributed by atoms with Crippen molar-refractivity contribution < 1.29 is 19.1 Å². The normalized spacial score (nSPS) is 21.6. The van der Waals surface area contributed by atoms with Gasteiger partial charge in [0.25, 0.3) is 0 Å². The summed E-state index contributed by atoms with van der Waals surface area (Å²) in [7, 11) is 3.00. The molecular weight excluding hydrogens is 282 g/mol. The number of nitrogens with zero attached hydrogens (tertiary/aromatic N) is 1. The lowest BCUT2D eigenvalue weighted by molar-refractivity contribution is -0.152. The molecule has 1 unspecified atom stereocenters. The van der Waals surface area contributed by atoms with Crippen LogP contribution in [0.25, 0.3) is 0 Å². The number of carbonyl (C=O) groups is 2. The number of rotatable bonds is 6. The van der Waals surface area contributed by atoms with Gasteiger partial charge >= 0.3 is 5.97 Å². The Morgan fingerprint density at radius 3 is 2.50 bits per heavy atom. The van der Waals surface area contributed by atoms with Gasteiger partial charge in [0.2, 0.25) is 0 Å². The predicted molar refractivity (Wildman–Crippen MR) is 83.2 cm³/mol. The van der Waals surface area contributed by atoms with E-state index in [9.17, 15) is 9.59 Å². The zero-order chi connectivity index (χ0) is 16.2. The molecule has 5 nitrogen and oxygen atoms in total. The van der Waals surface area contributed by atoms with Crippen LogP contribution in [0.15, 0.2) is 24.3 Å². The fourth-order valence-electron chi connectivity index (χ4n) is 2.99. The maximum atomic E-state index is 12.3. The third kappa shape index (κ3) is 3.30. The molecule has 1 aliphatic heterocycles. The first-order chi connectivity index (χ1) is 10.5. The number of esters is 1. The number of hydrogen-bond acceptors (Lipinski definition) is 5. The summed E-state index contributed by atoms with van der Waals surface area (Å²) in [6.07, 6.45) is 2.11. The average molecular weight is 305 g/mol. The van der Waals surface area contributed by atoms with E-state index in [4.69, 9.17) is 9.47 Å². The summed E-state index contributed by atoms with van der Waals surface area (Å²) in [4.78, 5) is 26.3. The first kappa shape index (κ1) is 16.5. The highest BCUT2D eigenvalue weighted by molar-refractivity contribution is 5.96. The average Bonchev–Trinajstić information content (AvgIpc) is 2.94. The van der Waals surface area contributed by atoms with Gasteiger partial charge < -0.3 is 9.47 Å². The van der Waals surface area contributed by atoms with Crippen LogP contribution in [0.2, 0.25) is 0 Å². The molecule has 0 bridgehead atoms. The fraction of sp³-hybridized carbons (Fsp3) is 0.529. The maximum Gasteiger partial charge on any atom is 0.325 e. The summed E-state index contributed by atoms with van der Waals surface area (Å²) in [5.41, 5.74) is 0.0642. The zero-order valence-corrected chi connectivity index (χ0v) is 13.4. The molecule has 0 amide bonds. The minimum Gasteiger partial charge on any atom is -0.497 e. The van der Waals surface area contributed by atoms with Crippen LogP contribution < -0.4 is 4.74 Å². The predicted octanol–water partition coefficient (Wildman–Crippen LogP) is 2.30. The molecule has 0 radical (unpaired) electrons. The van der Waals surface area contributed by atoms with E-state index in [0.29, 0.717) is 18.5 Å². The fourth-order valence-corrected chi connectivity index (χ4v) is 2.99. The minimum atomic E-state index is -0.602. The first-order valence-corrected chi connectivity index (χ1v) is 7.52. The Labute approximate surface area is 131 Å². The topological polar surface area (TPSA) is 55.8 Å². The molecule has 1 fully saturated rings. The highest BCUT2D eigenvalue weighted by atomic mass is 16.5. The van der Waals surface area contributed by atoms with Crippen molar-refractivity contribution in [2.24, 2.45) is 0 Å². The number of hydrogen-bond donors (Lipinski definition) is 0. The molecule has 1 aromatic rings. The third-order valence-corrected chi connectivity index (χ3v) is 4.44. The van der Waals surface area contributed by atoms with E-state index in [-0.39, 0.29) is 11.8 Å². The van der Waals surface area contributed by atoms with Crippen molar-refractivity contribution in [1.82, 2.24) is 4.90 Å². The lowest BCUT2D eigenvalue weighted by Gasteiger charge is -2.32. The number of ether oxygens (including phenoxy) is 2. The van der Waals surface area contributed by atoms with Crippen molar-refractivity contribution in [2.45, 2.75) is 31.7 Å². The summed E-state index contributed by atoms with van der Waals surface area (Å²) >= 11 is 0. The smallest absolute Gasteiger partial charge is 0.325 e. The number of Topliss-reactive ketones (excluding diaryl/α,β-unsaturated/α-hetero) is 1. The van der Waals surface area contributed by atoms with Gasteiger partial charge in [-0.05, 0) is 50.6 Å². The van der Waals surface area contributed by atoms with Crippen LogP contribution >= 0.6 is 0 Å². The molecule has 0 aliphatic carbocycles. The monoisotopic (exact) mass is 305 g/mol. The molecule has 120 valence electrons. The van der Waals surface area contributed by atoms with E-state index in [1.807, 2.05) is 6.92 Å². The SMILES string of the molecule is COC(=O)C1(C)CCCN1CCC(=O)c1ccc(OC)cc1. The van der Waals surface area contributed by atoms with Gasteiger partial charge in [-0.25, -0.2) is 0 Å². The minimum absolute atomic E-state index is 0.0711. The molecular formula is C17H23NO4. The highest BCUT2D eigenvalue weighted by Crippen LogP contribution is 2.30. The van der Waals surface area contributed by atoms with Crippen LogP contribution in [0.5, 0.6) is 5.75 Å². The Hall–Kier alpha value is -1.88. The second kappa shape index (κ2) is 6.92. The molecule has 0 aromatic heterocycles. The van der Waals surface area contributed by atoms with E-state index in [1.165, 1.54) is 7.11 Å². The van der Waals surface area contributed by atoms with E-state index < -0.39 is 5.54 Å². The maximum absolute atomic E-state index is 12.3. The lowest BCUT2D eigenvalue weighted by atomic mass is 9.98. The van der Waals surface area contributed by atoms with Crippen LogP contribution in [0, 0.1) is 0 Å². The standard InChI is InChI=1S/C17H23NO4/c1-17(16(20)22-3)10-4-11-18(17)12-9-15(19)13-5-7-14(21-2)8-6-13/h5-8H,4,9-12H2,1-3H3. The van der Waals surface area contributed by atoms with Crippen molar-refractivity contribution in [3.05, 3.63) is 29.8 Å². The van der Waals surface area contributed by atoms with E-state index >= 15 is 0 Å². The second-order valence-electron chi connectivity index (χ2n) is 5.76. The molecule has 2 rings (SSSR count). The summed E-state index contributed by atoms with van der Waals surface area (Å²) in [5, 5.41) is 0. The Kier molecular flexibility index (Phi) is 5.19. The molecule has 1 aliphatic rings. The molecule has 0 N–H and O–H groups in total. The molecule has 5 heteroatoms. The Balaban J connectivity index is 1.96. The van der Waals surface area contributed by atoms with Gasteiger partial charge in [0, 0.05) is 18.5 Å². The Morgan fingerprint density at radius 2 is 1.91 bits per heavy atom. The van der Waals surface area contributed by atoms with Crippen LogP contribution in [-0.2, 0) is 9.53 Å². The number of likely N-dealkylation sites (tertiary alicyclic amines) is 1. The van der Waals surface area contributed by atoms with E-state index in [1.54, 1.807) is 31.4 Å². The van der Waals surface area contributed by atoms with Gasteiger partial charge in [-0.1, -0.05) is 0 Å². The third-order valence-electron chi connectivity index (χ3n) is 4.44. The summed E-state index contributed by atoms with van der Waals surface area (Å²) in [6, 6.07) is 7.10. The summed E-state index contributed by atoms with van der Waals surface area (Å²) in [5.74, 6) is 0.582. The quantitative estimate of drug-likeness (QED) is 0.596. The second-order valence-corrected chi connectivity index (χ2v) is 5.76. The molecule has 22 heavy (non-hydrogen) atoms. The van der Waals surface area contributed by atoms with Crippen molar-refractivity contribution in [3.8, 4) is 5.75 Å². The van der Waals surface area contributed by atoms with E-state index in [2.05, 4.69) is 4.90 Å². The van der Waals surface area contributed by atoms with Gasteiger partial charge in [0.15, 0.2) is 5.78 Å². The molecule has 1 atom stereocenters. The van der Waals surface area contributed by atoms with Gasteiger partial charge in [0.1, 0.15) is 11.3 Å². The molecule has 1 aromatic carbocycles. The molecule has 0 spiro atoms. The van der Waals surface area contributed by atoms with Crippen LogP contribution in [0.3, 0.4) is 0 Å². The van der Waals surface area contributed by atoms with Gasteiger partial charge in [-0.3, -0.25) is 14.5 Å². The molecule has 1 heterocycles. The number of ketones is 1. The van der Waals surface area contributed by atoms with Crippen molar-refractivity contribution in [2.75, 3.05) is 27.3 Å². The van der Waals surface area contributed by atoms with Crippen LogP contribution in [-0.4, -0.2) is 49.5 Å². The summed E-state index contributed by atoms with van der Waals surface area (Å²) < 4.78 is 9.99. The highest BCUT2D eigenvalue weighted by Gasteiger charge is 2.43. The number of methoxy groups -OCH3 is 2. The number of benzene rings is 1. The van der Waals surface area contributed by atoms with Crippen molar-refractivity contribution >= 4 is 11.8 Å². The molecule has 0 saturated carbocycles. The van der Waals surface area contributed by atoms with Gasteiger partial charge in [-0.2, -0.15) is 0 Å².